The highest BCUT2D eigenvalue weighted by Gasteiger charge is 2.30. The van der Waals surface area contributed by atoms with Crippen molar-refractivity contribution in [2.24, 2.45) is 17.8 Å². The molecule has 2 aliphatic rings. The van der Waals surface area contributed by atoms with E-state index in [2.05, 4.69) is 24.8 Å². The van der Waals surface area contributed by atoms with E-state index in [1.165, 1.54) is 6.42 Å². The summed E-state index contributed by atoms with van der Waals surface area (Å²) in [5.74, 6) is 0.589. The molecule has 2 fully saturated rings. The van der Waals surface area contributed by atoms with Crippen LogP contribution < -0.4 is 0 Å². The monoisotopic (exact) mass is 347 g/mol. The van der Waals surface area contributed by atoms with Crippen LogP contribution in [0.2, 0.25) is 0 Å². The average Bonchev–Trinajstić information content (AvgIpc) is 2.58. The highest BCUT2D eigenvalue weighted by molar-refractivity contribution is 5.97. The fraction of sp³-hybridized carbons (Fsp3) is 0.737. The van der Waals surface area contributed by atoms with Crippen molar-refractivity contribution >= 4 is 11.9 Å². The van der Waals surface area contributed by atoms with Crippen LogP contribution in [0.3, 0.4) is 0 Å². The van der Waals surface area contributed by atoms with Crippen LogP contribution in [0.25, 0.3) is 0 Å². The predicted molar refractivity (Wildman–Crippen MR) is 94.2 cm³/mol. The van der Waals surface area contributed by atoms with Crippen molar-refractivity contribution in [1.82, 2.24) is 9.80 Å². The number of likely N-dealkylation sites (tertiary alicyclic amines) is 2. The summed E-state index contributed by atoms with van der Waals surface area (Å²) in [4.78, 5) is 28.2. The lowest BCUT2D eigenvalue weighted by atomic mass is 9.92. The van der Waals surface area contributed by atoms with Gasteiger partial charge in [0.25, 0.3) is 5.91 Å². The van der Waals surface area contributed by atoms with Gasteiger partial charge in [-0.3, -0.25) is 9.59 Å². The van der Waals surface area contributed by atoms with Crippen molar-refractivity contribution < 1.29 is 14.3 Å². The fourth-order valence-electron chi connectivity index (χ4n) is 3.88. The molecule has 0 radical (unpaired) electrons. The number of esters is 1. The zero-order valence-corrected chi connectivity index (χ0v) is 15.5. The maximum absolute atomic E-state index is 12.7. The molecule has 0 spiro atoms. The number of hydrogen-bond donors (Lipinski definition) is 0. The highest BCUT2D eigenvalue weighted by atomic mass is 16.5. The third-order valence-corrected chi connectivity index (χ3v) is 4.96. The number of amides is 1. The molecule has 2 aliphatic heterocycles. The lowest BCUT2D eigenvalue weighted by molar-refractivity contribution is -0.150. The fourth-order valence-corrected chi connectivity index (χ4v) is 3.88. The van der Waals surface area contributed by atoms with Crippen LogP contribution in [0.5, 0.6) is 0 Å². The number of carbonyl (C=O) groups is 2. The van der Waals surface area contributed by atoms with E-state index in [0.29, 0.717) is 44.4 Å². The summed E-state index contributed by atoms with van der Waals surface area (Å²) in [6.45, 7) is 9.33. The SMILES string of the molecule is CCOC(=O)C1CCN(C(=O)/C(C#N)=C\N2CC(C)CC(C)C2)CC1. The number of nitriles is 1. The molecule has 0 saturated carbocycles. The van der Waals surface area contributed by atoms with E-state index < -0.39 is 0 Å². The van der Waals surface area contributed by atoms with Crippen molar-refractivity contribution in [2.75, 3.05) is 32.8 Å². The lowest BCUT2D eigenvalue weighted by Crippen LogP contribution is -2.42. The molecule has 2 rings (SSSR count). The second-order valence-corrected chi connectivity index (χ2v) is 7.37. The maximum Gasteiger partial charge on any atom is 0.309 e. The number of rotatable bonds is 4. The van der Waals surface area contributed by atoms with Gasteiger partial charge >= 0.3 is 5.97 Å². The summed E-state index contributed by atoms with van der Waals surface area (Å²) in [6, 6.07) is 2.07. The summed E-state index contributed by atoms with van der Waals surface area (Å²) < 4.78 is 5.05. The van der Waals surface area contributed by atoms with E-state index >= 15 is 0 Å². The van der Waals surface area contributed by atoms with E-state index in [1.54, 1.807) is 18.0 Å². The van der Waals surface area contributed by atoms with Gasteiger partial charge in [0.15, 0.2) is 0 Å². The van der Waals surface area contributed by atoms with E-state index in [0.717, 1.165) is 13.1 Å². The molecule has 6 nitrogen and oxygen atoms in total. The zero-order valence-electron chi connectivity index (χ0n) is 15.5. The molecular weight excluding hydrogens is 318 g/mol. The van der Waals surface area contributed by atoms with Crippen LogP contribution in [0.15, 0.2) is 11.8 Å². The van der Waals surface area contributed by atoms with Gasteiger partial charge < -0.3 is 14.5 Å². The van der Waals surface area contributed by atoms with E-state index in [9.17, 15) is 14.9 Å². The molecule has 138 valence electrons. The molecule has 6 heteroatoms. The molecule has 2 saturated heterocycles. The van der Waals surface area contributed by atoms with E-state index in [4.69, 9.17) is 4.74 Å². The Balaban J connectivity index is 1.95. The van der Waals surface area contributed by atoms with Gasteiger partial charge in [-0.05, 0) is 38.0 Å². The van der Waals surface area contributed by atoms with Crippen LogP contribution in [0, 0.1) is 29.1 Å². The van der Waals surface area contributed by atoms with Gasteiger partial charge in [0.2, 0.25) is 0 Å². The average molecular weight is 347 g/mol. The number of ether oxygens (including phenoxy) is 1. The van der Waals surface area contributed by atoms with Crippen molar-refractivity contribution in [3.05, 3.63) is 11.8 Å². The van der Waals surface area contributed by atoms with Crippen molar-refractivity contribution in [3.8, 4) is 6.07 Å². The Kier molecular flexibility index (Phi) is 6.86. The summed E-state index contributed by atoms with van der Waals surface area (Å²) >= 11 is 0. The molecular formula is C19H29N3O3. The molecule has 1 amide bonds. The van der Waals surface area contributed by atoms with E-state index in [1.807, 2.05) is 0 Å². The molecule has 0 aromatic carbocycles. The second kappa shape index (κ2) is 8.89. The van der Waals surface area contributed by atoms with Gasteiger partial charge in [0.1, 0.15) is 11.6 Å². The Labute approximate surface area is 150 Å². The minimum atomic E-state index is -0.226. The standard InChI is InChI=1S/C19H29N3O3/c1-4-25-19(24)16-5-7-22(8-6-16)18(23)17(10-20)13-21-11-14(2)9-15(3)12-21/h13-16H,4-9,11-12H2,1-3H3/b17-13-. The van der Waals surface area contributed by atoms with Gasteiger partial charge in [-0.15, -0.1) is 0 Å². The Morgan fingerprint density at radius 2 is 1.80 bits per heavy atom. The molecule has 2 atom stereocenters. The van der Waals surface area contributed by atoms with Crippen LogP contribution in [0.4, 0.5) is 0 Å². The molecule has 0 bridgehead atoms. The first kappa shape index (κ1) is 19.3. The second-order valence-electron chi connectivity index (χ2n) is 7.37. The molecule has 25 heavy (non-hydrogen) atoms. The minimum Gasteiger partial charge on any atom is -0.466 e. The maximum atomic E-state index is 12.7. The third-order valence-electron chi connectivity index (χ3n) is 4.96. The largest absolute Gasteiger partial charge is 0.466 e. The Morgan fingerprint density at radius 3 is 2.32 bits per heavy atom. The number of carbonyl (C=O) groups excluding carboxylic acids is 2. The Hall–Kier alpha value is -2.03. The number of piperidine rings is 2. The normalized spacial score (nSPS) is 25.4. The van der Waals surface area contributed by atoms with Gasteiger partial charge in [-0.1, -0.05) is 13.8 Å². The van der Waals surface area contributed by atoms with Crippen LogP contribution in [-0.4, -0.2) is 54.5 Å². The molecule has 2 heterocycles. The zero-order chi connectivity index (χ0) is 18.4. The highest BCUT2D eigenvalue weighted by Crippen LogP contribution is 2.23. The number of nitrogens with zero attached hydrogens (tertiary/aromatic N) is 3. The summed E-state index contributed by atoms with van der Waals surface area (Å²) in [5.41, 5.74) is 0.191. The lowest BCUT2D eigenvalue weighted by Gasteiger charge is -2.35. The molecule has 0 aromatic rings. The van der Waals surface area contributed by atoms with Crippen LogP contribution in [0.1, 0.15) is 40.0 Å². The Morgan fingerprint density at radius 1 is 1.20 bits per heavy atom. The molecule has 0 aromatic heterocycles. The molecule has 2 unspecified atom stereocenters. The Bertz CT molecular complexity index is 549. The topological polar surface area (TPSA) is 73.6 Å². The van der Waals surface area contributed by atoms with Gasteiger partial charge in [-0.25, -0.2) is 0 Å². The summed E-state index contributed by atoms with van der Waals surface area (Å²) in [6.07, 6.45) is 4.11. The summed E-state index contributed by atoms with van der Waals surface area (Å²) in [7, 11) is 0. The van der Waals surface area contributed by atoms with Gasteiger partial charge in [-0.2, -0.15) is 5.26 Å². The van der Waals surface area contributed by atoms with Crippen LogP contribution in [-0.2, 0) is 14.3 Å². The van der Waals surface area contributed by atoms with E-state index in [-0.39, 0.29) is 23.4 Å². The first-order valence-corrected chi connectivity index (χ1v) is 9.26. The molecule has 0 N–H and O–H groups in total. The smallest absolute Gasteiger partial charge is 0.309 e. The first-order chi connectivity index (χ1) is 11.9. The predicted octanol–water partition coefficient (Wildman–Crippen LogP) is 2.17. The third kappa shape index (κ3) is 5.22. The van der Waals surface area contributed by atoms with Crippen molar-refractivity contribution in [1.29, 1.82) is 5.26 Å². The summed E-state index contributed by atoms with van der Waals surface area (Å²) in [5, 5.41) is 9.43. The van der Waals surface area contributed by atoms with Crippen molar-refractivity contribution in [3.63, 3.8) is 0 Å². The van der Waals surface area contributed by atoms with Crippen molar-refractivity contribution in [2.45, 2.75) is 40.0 Å². The van der Waals surface area contributed by atoms with Gasteiger partial charge in [0.05, 0.1) is 12.5 Å². The first-order valence-electron chi connectivity index (χ1n) is 9.26. The quantitative estimate of drug-likeness (QED) is 0.443. The molecule has 0 aliphatic carbocycles. The number of hydrogen-bond acceptors (Lipinski definition) is 5. The van der Waals surface area contributed by atoms with Crippen LogP contribution >= 0.6 is 0 Å². The minimum absolute atomic E-state index is 0.137. The van der Waals surface area contributed by atoms with Gasteiger partial charge in [0, 0.05) is 32.4 Å².